The van der Waals surface area contributed by atoms with Crippen LogP contribution in [0.2, 0.25) is 0 Å². The lowest BCUT2D eigenvalue weighted by Crippen LogP contribution is -2.16. The van der Waals surface area contributed by atoms with Gasteiger partial charge in [0.25, 0.3) is 0 Å². The largest absolute Gasteiger partial charge is 0.474 e. The summed E-state index contributed by atoms with van der Waals surface area (Å²) in [6, 6.07) is 2.81. The van der Waals surface area contributed by atoms with Crippen molar-refractivity contribution in [2.75, 3.05) is 33.5 Å². The van der Waals surface area contributed by atoms with Gasteiger partial charge in [-0.15, -0.1) is 0 Å². The second kappa shape index (κ2) is 7.27. The molecule has 0 aliphatic rings. The highest BCUT2D eigenvalue weighted by atomic mass is 32.2. The van der Waals surface area contributed by atoms with Gasteiger partial charge in [0.15, 0.2) is 0 Å². The van der Waals surface area contributed by atoms with Gasteiger partial charge in [-0.2, -0.15) is 0 Å². The standard InChI is InChI=1S/C10H16N2O5S/c1-15-5-6-16-7-8-17-10-9(18(11,13)14)3-2-4-12-10/h2-4H,5-8H2,1H3,(H2,11,13,14). The van der Waals surface area contributed by atoms with Crippen molar-refractivity contribution < 1.29 is 22.6 Å². The van der Waals surface area contributed by atoms with E-state index < -0.39 is 10.0 Å². The van der Waals surface area contributed by atoms with Gasteiger partial charge < -0.3 is 14.2 Å². The van der Waals surface area contributed by atoms with Crippen molar-refractivity contribution in [2.24, 2.45) is 5.14 Å². The molecule has 0 aliphatic heterocycles. The lowest BCUT2D eigenvalue weighted by Gasteiger charge is -2.08. The van der Waals surface area contributed by atoms with E-state index in [1.807, 2.05) is 0 Å². The molecule has 1 aromatic heterocycles. The van der Waals surface area contributed by atoms with Gasteiger partial charge in [0.05, 0.1) is 19.8 Å². The van der Waals surface area contributed by atoms with E-state index in [0.29, 0.717) is 19.8 Å². The van der Waals surface area contributed by atoms with Gasteiger partial charge in [-0.3, -0.25) is 0 Å². The Bertz CT molecular complexity index is 463. The van der Waals surface area contributed by atoms with Crippen LogP contribution in [0.25, 0.3) is 0 Å². The molecule has 0 saturated carbocycles. The quantitative estimate of drug-likeness (QED) is 0.658. The molecule has 0 radical (unpaired) electrons. The minimum atomic E-state index is -3.83. The Kier molecular flexibility index (Phi) is 5.99. The molecule has 102 valence electrons. The van der Waals surface area contributed by atoms with E-state index in [9.17, 15) is 8.42 Å². The molecule has 7 nitrogen and oxygen atoms in total. The van der Waals surface area contributed by atoms with Crippen LogP contribution in [0, 0.1) is 0 Å². The van der Waals surface area contributed by atoms with E-state index in [0.717, 1.165) is 0 Å². The Morgan fingerprint density at radius 2 is 2.00 bits per heavy atom. The van der Waals surface area contributed by atoms with E-state index >= 15 is 0 Å². The van der Waals surface area contributed by atoms with Gasteiger partial charge in [-0.05, 0) is 12.1 Å². The molecule has 0 atom stereocenters. The summed E-state index contributed by atoms with van der Waals surface area (Å²) in [5, 5.41) is 5.03. The number of primary sulfonamides is 1. The average molecular weight is 276 g/mol. The molecule has 0 saturated heterocycles. The first kappa shape index (κ1) is 14.8. The van der Waals surface area contributed by atoms with E-state index in [2.05, 4.69) is 4.98 Å². The smallest absolute Gasteiger partial charge is 0.243 e. The number of methoxy groups -OCH3 is 1. The van der Waals surface area contributed by atoms with Gasteiger partial charge in [0, 0.05) is 13.3 Å². The maximum atomic E-state index is 11.2. The highest BCUT2D eigenvalue weighted by molar-refractivity contribution is 7.89. The normalized spacial score (nSPS) is 11.4. The number of nitrogens with zero attached hydrogens (tertiary/aromatic N) is 1. The Hall–Kier alpha value is -1.22. The molecule has 2 N–H and O–H groups in total. The minimum Gasteiger partial charge on any atom is -0.474 e. The average Bonchev–Trinajstić information content (AvgIpc) is 2.33. The number of hydrogen-bond donors (Lipinski definition) is 1. The molecule has 1 rings (SSSR count). The maximum Gasteiger partial charge on any atom is 0.243 e. The molecular formula is C10H16N2O5S. The van der Waals surface area contributed by atoms with Crippen molar-refractivity contribution in [3.63, 3.8) is 0 Å². The molecule has 0 bridgehead atoms. The molecule has 8 heteroatoms. The van der Waals surface area contributed by atoms with Crippen molar-refractivity contribution >= 4 is 10.0 Å². The van der Waals surface area contributed by atoms with E-state index in [1.165, 1.54) is 18.3 Å². The summed E-state index contributed by atoms with van der Waals surface area (Å²) in [5.41, 5.74) is 0. The van der Waals surface area contributed by atoms with Crippen LogP contribution in [-0.2, 0) is 19.5 Å². The first-order chi connectivity index (χ1) is 8.55. The first-order valence-corrected chi connectivity index (χ1v) is 6.77. The lowest BCUT2D eigenvalue weighted by molar-refractivity contribution is 0.0531. The highest BCUT2D eigenvalue weighted by Crippen LogP contribution is 2.18. The summed E-state index contributed by atoms with van der Waals surface area (Å²) >= 11 is 0. The molecule has 0 aliphatic carbocycles. The highest BCUT2D eigenvalue weighted by Gasteiger charge is 2.15. The Morgan fingerprint density at radius 3 is 2.67 bits per heavy atom. The maximum absolute atomic E-state index is 11.2. The number of rotatable bonds is 8. The van der Waals surface area contributed by atoms with Crippen LogP contribution in [0.5, 0.6) is 5.88 Å². The summed E-state index contributed by atoms with van der Waals surface area (Å²) in [7, 11) is -2.26. The fraction of sp³-hybridized carbons (Fsp3) is 0.500. The molecular weight excluding hydrogens is 260 g/mol. The fourth-order valence-corrected chi connectivity index (χ4v) is 1.77. The second-order valence-electron chi connectivity index (χ2n) is 3.31. The monoisotopic (exact) mass is 276 g/mol. The van der Waals surface area contributed by atoms with Crippen LogP contribution < -0.4 is 9.88 Å². The van der Waals surface area contributed by atoms with Crippen LogP contribution in [0.15, 0.2) is 23.2 Å². The van der Waals surface area contributed by atoms with Gasteiger partial charge in [0.2, 0.25) is 15.9 Å². The molecule has 0 fully saturated rings. The number of ether oxygens (including phenoxy) is 3. The van der Waals surface area contributed by atoms with Gasteiger partial charge in [0.1, 0.15) is 11.5 Å². The SMILES string of the molecule is COCCOCCOc1ncccc1S(N)(=O)=O. The number of hydrogen-bond acceptors (Lipinski definition) is 6. The predicted octanol–water partition coefficient (Wildman–Crippen LogP) is -0.229. The summed E-state index contributed by atoms with van der Waals surface area (Å²) in [5.74, 6) is -0.0182. The molecule has 0 spiro atoms. The van der Waals surface area contributed by atoms with Crippen molar-refractivity contribution in [3.05, 3.63) is 18.3 Å². The van der Waals surface area contributed by atoms with Crippen LogP contribution in [-0.4, -0.2) is 46.9 Å². The van der Waals surface area contributed by atoms with Crippen molar-refractivity contribution in [1.82, 2.24) is 4.98 Å². The molecule has 0 amide bonds. The molecule has 1 heterocycles. The molecule has 1 aromatic rings. The zero-order chi connectivity index (χ0) is 13.4. The van der Waals surface area contributed by atoms with Gasteiger partial charge in [-0.1, -0.05) is 0 Å². The van der Waals surface area contributed by atoms with Crippen molar-refractivity contribution in [3.8, 4) is 5.88 Å². The van der Waals surface area contributed by atoms with Gasteiger partial charge in [-0.25, -0.2) is 18.5 Å². The third kappa shape index (κ3) is 4.96. The van der Waals surface area contributed by atoms with Crippen LogP contribution in [0.3, 0.4) is 0 Å². The zero-order valence-corrected chi connectivity index (χ0v) is 10.9. The second-order valence-corrected chi connectivity index (χ2v) is 4.84. The fourth-order valence-electron chi connectivity index (χ4n) is 1.14. The van der Waals surface area contributed by atoms with Gasteiger partial charge >= 0.3 is 0 Å². The summed E-state index contributed by atoms with van der Waals surface area (Å²) in [4.78, 5) is 3.68. The topological polar surface area (TPSA) is 101 Å². The third-order valence-electron chi connectivity index (χ3n) is 1.94. The van der Waals surface area contributed by atoms with Crippen molar-refractivity contribution in [1.29, 1.82) is 0 Å². The van der Waals surface area contributed by atoms with E-state index in [-0.39, 0.29) is 17.4 Å². The summed E-state index contributed by atoms with van der Waals surface area (Å²) in [6.45, 7) is 1.43. The minimum absolute atomic E-state index is 0.0182. The van der Waals surface area contributed by atoms with Crippen LogP contribution in [0.1, 0.15) is 0 Å². The Balaban J connectivity index is 2.48. The van der Waals surface area contributed by atoms with E-state index in [4.69, 9.17) is 19.3 Å². The number of pyridine rings is 1. The Morgan fingerprint density at radius 1 is 1.28 bits per heavy atom. The van der Waals surface area contributed by atoms with Crippen LogP contribution in [0.4, 0.5) is 0 Å². The summed E-state index contributed by atoms with van der Waals surface area (Å²) in [6.07, 6.45) is 1.43. The molecule has 18 heavy (non-hydrogen) atoms. The molecule has 0 aromatic carbocycles. The van der Waals surface area contributed by atoms with E-state index in [1.54, 1.807) is 7.11 Å². The van der Waals surface area contributed by atoms with Crippen molar-refractivity contribution in [2.45, 2.75) is 4.90 Å². The Labute approximate surface area is 106 Å². The number of nitrogens with two attached hydrogens (primary N) is 1. The number of aromatic nitrogens is 1. The predicted molar refractivity (Wildman–Crippen MR) is 63.8 cm³/mol. The first-order valence-electron chi connectivity index (χ1n) is 5.23. The lowest BCUT2D eigenvalue weighted by atomic mass is 10.5. The number of sulfonamides is 1. The summed E-state index contributed by atoms with van der Waals surface area (Å²) < 4.78 is 37.6. The zero-order valence-electron chi connectivity index (χ0n) is 10.0. The van der Waals surface area contributed by atoms with Crippen LogP contribution >= 0.6 is 0 Å². The molecule has 0 unspecified atom stereocenters. The third-order valence-corrected chi connectivity index (χ3v) is 2.86.